The van der Waals surface area contributed by atoms with Gasteiger partial charge in [-0.05, 0) is 63.5 Å². The maximum atomic E-state index is 10.7. The van der Waals surface area contributed by atoms with Crippen LogP contribution in [0.2, 0.25) is 0 Å². The van der Waals surface area contributed by atoms with E-state index in [1.54, 1.807) is 36.5 Å². The molecular weight excluding hydrogens is 450 g/mol. The third kappa shape index (κ3) is 5.65. The molecule has 30 heavy (non-hydrogen) atoms. The number of non-ortho nitro benzene ring substituents is 1. The molecule has 0 heterocycles. The van der Waals surface area contributed by atoms with Crippen molar-refractivity contribution >= 4 is 27.8 Å². The Morgan fingerprint density at radius 3 is 2.57 bits per heavy atom. The SMILES string of the molecule is N#Cc1ccccc1CO/N=C\c1ccc(OCc2ccc([N+](=O)[O-])cc2)c(Br)c1. The van der Waals surface area contributed by atoms with Crippen LogP contribution in [0.15, 0.2) is 76.4 Å². The van der Waals surface area contributed by atoms with Crippen LogP contribution in [0.4, 0.5) is 5.69 Å². The predicted molar refractivity (Wildman–Crippen MR) is 115 cm³/mol. The summed E-state index contributed by atoms with van der Waals surface area (Å²) in [6.07, 6.45) is 1.57. The molecule has 0 saturated heterocycles. The highest BCUT2D eigenvalue weighted by molar-refractivity contribution is 9.10. The normalized spacial score (nSPS) is 10.5. The summed E-state index contributed by atoms with van der Waals surface area (Å²) in [5.74, 6) is 0.634. The van der Waals surface area contributed by atoms with Crippen LogP contribution in [0.25, 0.3) is 0 Å². The van der Waals surface area contributed by atoms with Gasteiger partial charge in [0.05, 0.1) is 27.2 Å². The lowest BCUT2D eigenvalue weighted by Crippen LogP contribution is -1.97. The van der Waals surface area contributed by atoms with Crippen LogP contribution in [-0.2, 0) is 18.1 Å². The zero-order chi connectivity index (χ0) is 21.3. The lowest BCUT2D eigenvalue weighted by atomic mass is 10.1. The Bertz CT molecular complexity index is 1110. The molecule has 0 aliphatic rings. The van der Waals surface area contributed by atoms with Gasteiger partial charge in [0.1, 0.15) is 19.0 Å². The van der Waals surface area contributed by atoms with Crippen LogP contribution < -0.4 is 4.74 Å². The van der Waals surface area contributed by atoms with E-state index in [0.29, 0.717) is 11.3 Å². The summed E-state index contributed by atoms with van der Waals surface area (Å²) in [5, 5.41) is 23.7. The highest BCUT2D eigenvalue weighted by Crippen LogP contribution is 2.26. The van der Waals surface area contributed by atoms with Gasteiger partial charge in [-0.3, -0.25) is 10.1 Å². The second kappa shape index (κ2) is 10.2. The van der Waals surface area contributed by atoms with Gasteiger partial charge in [-0.25, -0.2) is 0 Å². The zero-order valence-corrected chi connectivity index (χ0v) is 17.3. The van der Waals surface area contributed by atoms with Gasteiger partial charge in [0, 0.05) is 17.7 Å². The Balaban J connectivity index is 1.55. The van der Waals surface area contributed by atoms with Crippen molar-refractivity contribution in [2.75, 3.05) is 0 Å². The minimum atomic E-state index is -0.437. The molecule has 0 aliphatic carbocycles. The minimum absolute atomic E-state index is 0.0434. The van der Waals surface area contributed by atoms with Crippen LogP contribution >= 0.6 is 15.9 Å². The first-order chi connectivity index (χ1) is 14.6. The molecule has 0 unspecified atom stereocenters. The number of halogens is 1. The summed E-state index contributed by atoms with van der Waals surface area (Å²) in [7, 11) is 0. The average molecular weight is 466 g/mol. The van der Waals surface area contributed by atoms with Crippen molar-refractivity contribution in [1.82, 2.24) is 0 Å². The quantitative estimate of drug-likeness (QED) is 0.253. The summed E-state index contributed by atoms with van der Waals surface area (Å²) < 4.78 is 6.50. The Labute approximate surface area is 181 Å². The number of ether oxygens (including phenoxy) is 1. The number of nitro benzene ring substituents is 1. The maximum Gasteiger partial charge on any atom is 0.269 e. The molecule has 8 heteroatoms. The average Bonchev–Trinajstić information content (AvgIpc) is 2.76. The standard InChI is InChI=1S/C22H16BrN3O4/c23-21-11-17(13-25-30-15-19-4-2-1-3-18(19)12-24)7-10-22(21)29-14-16-5-8-20(9-6-16)26(27)28/h1-11,13H,14-15H2/b25-13-. The first-order valence-corrected chi connectivity index (χ1v) is 9.65. The molecule has 0 saturated carbocycles. The molecule has 0 atom stereocenters. The van der Waals surface area contributed by atoms with E-state index in [1.807, 2.05) is 24.3 Å². The second-order valence-corrected chi connectivity index (χ2v) is 7.03. The van der Waals surface area contributed by atoms with E-state index < -0.39 is 4.92 Å². The molecular formula is C22H16BrN3O4. The van der Waals surface area contributed by atoms with Gasteiger partial charge in [0.15, 0.2) is 0 Å². The van der Waals surface area contributed by atoms with E-state index in [0.717, 1.165) is 21.2 Å². The number of nitriles is 1. The lowest BCUT2D eigenvalue weighted by Gasteiger charge is -2.09. The Morgan fingerprint density at radius 1 is 1.10 bits per heavy atom. The number of nitrogens with zero attached hydrogens (tertiary/aromatic N) is 3. The molecule has 0 radical (unpaired) electrons. The Hall–Kier alpha value is -3.70. The van der Waals surface area contributed by atoms with E-state index in [4.69, 9.17) is 14.8 Å². The van der Waals surface area contributed by atoms with E-state index in [2.05, 4.69) is 27.2 Å². The highest BCUT2D eigenvalue weighted by atomic mass is 79.9. The first kappa shape index (κ1) is 21.0. The monoisotopic (exact) mass is 465 g/mol. The summed E-state index contributed by atoms with van der Waals surface area (Å²) in [6.45, 7) is 0.489. The second-order valence-electron chi connectivity index (χ2n) is 6.18. The molecule has 0 N–H and O–H groups in total. The number of rotatable bonds is 8. The van der Waals surface area contributed by atoms with Gasteiger partial charge in [0.25, 0.3) is 5.69 Å². The summed E-state index contributed by atoms with van der Waals surface area (Å²) in [6, 6.07) is 21.0. The van der Waals surface area contributed by atoms with E-state index in [1.165, 1.54) is 12.1 Å². The molecule has 0 aromatic heterocycles. The number of hydrogen-bond acceptors (Lipinski definition) is 6. The van der Waals surface area contributed by atoms with Gasteiger partial charge < -0.3 is 9.57 Å². The van der Waals surface area contributed by atoms with E-state index in [9.17, 15) is 10.1 Å². The van der Waals surface area contributed by atoms with E-state index in [-0.39, 0.29) is 18.9 Å². The number of nitro groups is 1. The first-order valence-electron chi connectivity index (χ1n) is 8.86. The molecule has 7 nitrogen and oxygen atoms in total. The fourth-order valence-corrected chi connectivity index (χ4v) is 3.06. The summed E-state index contributed by atoms with van der Waals surface area (Å²) in [5.41, 5.74) is 3.00. The molecule has 0 bridgehead atoms. The van der Waals surface area contributed by atoms with Crippen molar-refractivity contribution in [2.45, 2.75) is 13.2 Å². The van der Waals surface area contributed by atoms with Gasteiger partial charge in [-0.15, -0.1) is 0 Å². The van der Waals surface area contributed by atoms with Crippen LogP contribution in [0.1, 0.15) is 22.3 Å². The minimum Gasteiger partial charge on any atom is -0.488 e. The maximum absolute atomic E-state index is 10.7. The van der Waals surface area contributed by atoms with Gasteiger partial charge >= 0.3 is 0 Å². The highest BCUT2D eigenvalue weighted by Gasteiger charge is 2.06. The van der Waals surface area contributed by atoms with Crippen LogP contribution in [-0.4, -0.2) is 11.1 Å². The van der Waals surface area contributed by atoms with Gasteiger partial charge in [-0.1, -0.05) is 23.4 Å². The van der Waals surface area contributed by atoms with E-state index >= 15 is 0 Å². The van der Waals surface area contributed by atoms with Crippen molar-refractivity contribution < 1.29 is 14.5 Å². The molecule has 0 spiro atoms. The summed E-state index contributed by atoms with van der Waals surface area (Å²) in [4.78, 5) is 15.6. The number of benzene rings is 3. The van der Waals surface area contributed by atoms with Crippen LogP contribution in [0, 0.1) is 21.4 Å². The largest absolute Gasteiger partial charge is 0.488 e. The molecule has 0 aliphatic heterocycles. The molecule has 3 aromatic carbocycles. The van der Waals surface area contributed by atoms with Crippen molar-refractivity contribution in [3.63, 3.8) is 0 Å². The van der Waals surface area contributed by atoms with Crippen molar-refractivity contribution in [3.8, 4) is 11.8 Å². The van der Waals surface area contributed by atoms with Crippen LogP contribution in [0.5, 0.6) is 5.75 Å². The fourth-order valence-electron chi connectivity index (χ4n) is 2.55. The van der Waals surface area contributed by atoms with Crippen molar-refractivity contribution in [3.05, 3.63) is 104 Å². The predicted octanol–water partition coefficient (Wildman–Crippen LogP) is 5.36. The topological polar surface area (TPSA) is 97.8 Å². The molecule has 0 amide bonds. The lowest BCUT2D eigenvalue weighted by molar-refractivity contribution is -0.384. The smallest absolute Gasteiger partial charge is 0.269 e. The van der Waals surface area contributed by atoms with Crippen LogP contribution in [0.3, 0.4) is 0 Å². The zero-order valence-electron chi connectivity index (χ0n) is 15.7. The third-order valence-electron chi connectivity index (χ3n) is 4.13. The number of oxime groups is 1. The van der Waals surface area contributed by atoms with Gasteiger partial charge in [-0.2, -0.15) is 5.26 Å². The summed E-state index contributed by atoms with van der Waals surface area (Å²) >= 11 is 3.46. The third-order valence-corrected chi connectivity index (χ3v) is 4.75. The molecule has 3 rings (SSSR count). The molecule has 0 fully saturated rings. The molecule has 150 valence electrons. The van der Waals surface area contributed by atoms with Crippen molar-refractivity contribution in [2.24, 2.45) is 5.16 Å². The number of hydrogen-bond donors (Lipinski definition) is 0. The van der Waals surface area contributed by atoms with Gasteiger partial charge in [0.2, 0.25) is 0 Å². The Kier molecular flexibility index (Phi) is 7.14. The molecule has 3 aromatic rings. The van der Waals surface area contributed by atoms with Crippen molar-refractivity contribution in [1.29, 1.82) is 5.26 Å². The fraction of sp³-hybridized carbons (Fsp3) is 0.0909. The Morgan fingerprint density at radius 2 is 1.87 bits per heavy atom.